The summed E-state index contributed by atoms with van der Waals surface area (Å²) in [6.45, 7) is 0. The Morgan fingerprint density at radius 3 is 2.76 bits per heavy atom. The fourth-order valence-corrected chi connectivity index (χ4v) is 4.34. The minimum Gasteiger partial charge on any atom is -0.494 e. The molecule has 3 atom stereocenters. The van der Waals surface area contributed by atoms with Gasteiger partial charge in [-0.1, -0.05) is 12.1 Å². The average Bonchev–Trinajstić information content (AvgIpc) is 2.97. The monoisotopic (exact) mass is 305 g/mol. The highest BCUT2D eigenvalue weighted by molar-refractivity contribution is 7.99. The SMILES string of the molecule is NC(=O)C1=CC(C2CSCC2c2ccc(F)cc2)OC=C1. The summed E-state index contributed by atoms with van der Waals surface area (Å²) in [7, 11) is 0. The lowest BCUT2D eigenvalue weighted by atomic mass is 9.84. The number of carbonyl (C=O) groups excluding carboxylic acids is 1. The van der Waals surface area contributed by atoms with Crippen molar-refractivity contribution in [1.29, 1.82) is 0 Å². The van der Waals surface area contributed by atoms with Gasteiger partial charge >= 0.3 is 0 Å². The van der Waals surface area contributed by atoms with Gasteiger partial charge in [-0.05, 0) is 29.8 Å². The van der Waals surface area contributed by atoms with Crippen molar-refractivity contribution >= 4 is 17.7 Å². The Morgan fingerprint density at radius 1 is 1.29 bits per heavy atom. The van der Waals surface area contributed by atoms with Crippen LogP contribution in [0.25, 0.3) is 0 Å². The summed E-state index contributed by atoms with van der Waals surface area (Å²) in [4.78, 5) is 11.3. The molecule has 2 aliphatic heterocycles. The van der Waals surface area contributed by atoms with E-state index in [-0.39, 0.29) is 23.8 Å². The van der Waals surface area contributed by atoms with Crippen LogP contribution in [0.4, 0.5) is 4.39 Å². The first-order valence-electron chi connectivity index (χ1n) is 6.82. The minimum atomic E-state index is -0.441. The molecule has 0 radical (unpaired) electrons. The zero-order valence-electron chi connectivity index (χ0n) is 11.4. The molecular formula is C16H16FNO2S. The zero-order chi connectivity index (χ0) is 14.8. The highest BCUT2D eigenvalue weighted by Gasteiger charge is 2.36. The zero-order valence-corrected chi connectivity index (χ0v) is 12.2. The fraction of sp³-hybridized carbons (Fsp3) is 0.312. The highest BCUT2D eigenvalue weighted by atomic mass is 32.2. The molecule has 1 aromatic carbocycles. The lowest BCUT2D eigenvalue weighted by Gasteiger charge is -2.27. The summed E-state index contributed by atoms with van der Waals surface area (Å²) in [5.41, 5.74) is 6.93. The quantitative estimate of drug-likeness (QED) is 0.934. The Morgan fingerprint density at radius 2 is 2.05 bits per heavy atom. The molecule has 2 heterocycles. The third kappa shape index (κ3) is 2.97. The van der Waals surface area contributed by atoms with Gasteiger partial charge in [-0.25, -0.2) is 4.39 Å². The summed E-state index contributed by atoms with van der Waals surface area (Å²) in [6, 6.07) is 6.63. The molecule has 0 aliphatic carbocycles. The molecule has 0 bridgehead atoms. The fourth-order valence-electron chi connectivity index (χ4n) is 2.81. The van der Waals surface area contributed by atoms with E-state index in [1.165, 1.54) is 18.4 Å². The molecule has 3 unspecified atom stereocenters. The molecule has 1 amide bonds. The number of hydrogen-bond acceptors (Lipinski definition) is 3. The molecule has 5 heteroatoms. The number of rotatable bonds is 3. The van der Waals surface area contributed by atoms with Gasteiger partial charge in [0, 0.05) is 28.9 Å². The van der Waals surface area contributed by atoms with Crippen LogP contribution < -0.4 is 5.73 Å². The number of halogens is 1. The molecular weight excluding hydrogens is 289 g/mol. The molecule has 2 N–H and O–H groups in total. The Kier molecular flexibility index (Phi) is 4.01. The normalized spacial score (nSPS) is 28.0. The van der Waals surface area contributed by atoms with E-state index in [2.05, 4.69) is 0 Å². The first-order chi connectivity index (χ1) is 10.1. The van der Waals surface area contributed by atoms with Crippen molar-refractivity contribution in [2.75, 3.05) is 11.5 Å². The van der Waals surface area contributed by atoms with Gasteiger partial charge in [-0.2, -0.15) is 11.8 Å². The maximum atomic E-state index is 13.1. The van der Waals surface area contributed by atoms with Crippen LogP contribution in [0, 0.1) is 11.7 Å². The molecule has 1 saturated heterocycles. The third-order valence-corrected chi connectivity index (χ3v) is 5.17. The number of benzene rings is 1. The van der Waals surface area contributed by atoms with Gasteiger partial charge in [0.2, 0.25) is 5.91 Å². The predicted octanol–water partition coefficient (Wildman–Crippen LogP) is 2.60. The van der Waals surface area contributed by atoms with E-state index in [1.807, 2.05) is 23.9 Å². The highest BCUT2D eigenvalue weighted by Crippen LogP contribution is 2.41. The predicted molar refractivity (Wildman–Crippen MR) is 81.2 cm³/mol. The molecule has 110 valence electrons. The molecule has 0 aromatic heterocycles. The number of hydrogen-bond donors (Lipinski definition) is 1. The van der Waals surface area contributed by atoms with Crippen LogP contribution in [0.2, 0.25) is 0 Å². The van der Waals surface area contributed by atoms with E-state index in [0.29, 0.717) is 5.57 Å². The van der Waals surface area contributed by atoms with E-state index in [1.54, 1.807) is 12.2 Å². The van der Waals surface area contributed by atoms with Crippen molar-refractivity contribution in [3.63, 3.8) is 0 Å². The molecule has 2 aliphatic rings. The van der Waals surface area contributed by atoms with Crippen molar-refractivity contribution in [1.82, 2.24) is 0 Å². The summed E-state index contributed by atoms with van der Waals surface area (Å²) in [5, 5.41) is 0. The lowest BCUT2D eigenvalue weighted by Crippen LogP contribution is -2.29. The van der Waals surface area contributed by atoms with Crippen LogP contribution in [0.3, 0.4) is 0 Å². The van der Waals surface area contributed by atoms with Crippen LogP contribution in [-0.4, -0.2) is 23.5 Å². The van der Waals surface area contributed by atoms with E-state index in [9.17, 15) is 9.18 Å². The maximum Gasteiger partial charge on any atom is 0.248 e. The molecule has 21 heavy (non-hydrogen) atoms. The van der Waals surface area contributed by atoms with Gasteiger partial charge in [-0.3, -0.25) is 4.79 Å². The van der Waals surface area contributed by atoms with Crippen molar-refractivity contribution in [3.05, 3.63) is 59.6 Å². The summed E-state index contributed by atoms with van der Waals surface area (Å²) in [6.07, 6.45) is 4.76. The maximum absolute atomic E-state index is 13.1. The van der Waals surface area contributed by atoms with Crippen LogP contribution in [0.5, 0.6) is 0 Å². The van der Waals surface area contributed by atoms with E-state index in [0.717, 1.165) is 17.1 Å². The second-order valence-electron chi connectivity index (χ2n) is 5.25. The molecule has 0 saturated carbocycles. The minimum absolute atomic E-state index is 0.164. The molecule has 1 aromatic rings. The second-order valence-corrected chi connectivity index (χ2v) is 6.32. The third-order valence-electron chi connectivity index (χ3n) is 3.96. The molecule has 1 fully saturated rings. The number of carbonyl (C=O) groups is 1. The molecule has 0 spiro atoms. The summed E-state index contributed by atoms with van der Waals surface area (Å²) < 4.78 is 18.7. The number of nitrogens with two attached hydrogens (primary N) is 1. The van der Waals surface area contributed by atoms with E-state index < -0.39 is 5.91 Å². The van der Waals surface area contributed by atoms with Gasteiger partial charge in [0.1, 0.15) is 11.9 Å². The number of primary amides is 1. The summed E-state index contributed by atoms with van der Waals surface area (Å²) in [5.74, 6) is 1.79. The Balaban J connectivity index is 1.83. The van der Waals surface area contributed by atoms with Gasteiger partial charge in [-0.15, -0.1) is 0 Å². The lowest BCUT2D eigenvalue weighted by molar-refractivity contribution is -0.114. The van der Waals surface area contributed by atoms with Gasteiger partial charge in [0.05, 0.1) is 6.26 Å². The topological polar surface area (TPSA) is 52.3 Å². The molecule has 3 rings (SSSR count). The number of thioether (sulfide) groups is 1. The van der Waals surface area contributed by atoms with Crippen molar-refractivity contribution in [3.8, 4) is 0 Å². The van der Waals surface area contributed by atoms with Crippen molar-refractivity contribution in [2.24, 2.45) is 11.7 Å². The van der Waals surface area contributed by atoms with Gasteiger partial charge in [0.25, 0.3) is 0 Å². The average molecular weight is 305 g/mol. The largest absolute Gasteiger partial charge is 0.494 e. The first kappa shape index (κ1) is 14.2. The Bertz CT molecular complexity index is 597. The van der Waals surface area contributed by atoms with E-state index >= 15 is 0 Å². The van der Waals surface area contributed by atoms with Crippen molar-refractivity contribution < 1.29 is 13.9 Å². The van der Waals surface area contributed by atoms with Crippen LogP contribution in [0.15, 0.2) is 48.3 Å². The smallest absolute Gasteiger partial charge is 0.248 e. The Labute approximate surface area is 127 Å². The standard InChI is InChI=1S/C16H16FNO2S/c17-12-3-1-10(2-4-12)13-8-21-9-14(13)15-7-11(16(18)19)5-6-20-15/h1-7,13-15H,8-9H2,(H2,18,19). The Hall–Kier alpha value is -1.75. The molecule has 3 nitrogen and oxygen atoms in total. The van der Waals surface area contributed by atoms with E-state index in [4.69, 9.17) is 10.5 Å². The van der Waals surface area contributed by atoms with Crippen molar-refractivity contribution in [2.45, 2.75) is 12.0 Å². The van der Waals surface area contributed by atoms with Crippen LogP contribution in [-0.2, 0) is 9.53 Å². The van der Waals surface area contributed by atoms with Gasteiger partial charge in [0.15, 0.2) is 0 Å². The number of ether oxygens (including phenoxy) is 1. The number of amides is 1. The second kappa shape index (κ2) is 5.93. The van der Waals surface area contributed by atoms with Gasteiger partial charge < -0.3 is 10.5 Å². The first-order valence-corrected chi connectivity index (χ1v) is 7.97. The summed E-state index contributed by atoms with van der Waals surface area (Å²) >= 11 is 1.85. The van der Waals surface area contributed by atoms with Crippen LogP contribution >= 0.6 is 11.8 Å². The van der Waals surface area contributed by atoms with Crippen LogP contribution in [0.1, 0.15) is 11.5 Å².